The van der Waals surface area contributed by atoms with Crippen LogP contribution in [0.15, 0.2) is 6.20 Å². The van der Waals surface area contributed by atoms with Crippen molar-refractivity contribution in [3.8, 4) is 0 Å². The van der Waals surface area contributed by atoms with Crippen LogP contribution in [0.5, 0.6) is 0 Å². The first-order valence-corrected chi connectivity index (χ1v) is 7.60. The zero-order valence-electron chi connectivity index (χ0n) is 11.8. The summed E-state index contributed by atoms with van der Waals surface area (Å²) in [6.07, 6.45) is 4.48. The highest BCUT2D eigenvalue weighted by Gasteiger charge is 2.23. The number of likely N-dealkylation sites (tertiary alicyclic amines) is 1. The van der Waals surface area contributed by atoms with Crippen molar-refractivity contribution in [2.45, 2.75) is 26.3 Å². The molecule has 19 heavy (non-hydrogen) atoms. The lowest BCUT2D eigenvalue weighted by Crippen LogP contribution is -2.28. The van der Waals surface area contributed by atoms with Crippen molar-refractivity contribution in [1.29, 1.82) is 0 Å². The number of hydrogen-bond acceptors (Lipinski definition) is 5. The van der Waals surface area contributed by atoms with Gasteiger partial charge in [-0.15, -0.1) is 23.7 Å². The molecule has 4 nitrogen and oxygen atoms in total. The van der Waals surface area contributed by atoms with Crippen LogP contribution in [-0.4, -0.2) is 48.0 Å². The molecular formula is C13H25ClN4S. The lowest BCUT2D eigenvalue weighted by Gasteiger charge is -2.20. The molecule has 0 saturated carbocycles. The Morgan fingerprint density at radius 3 is 3.00 bits per heavy atom. The Morgan fingerprint density at radius 1 is 1.58 bits per heavy atom. The lowest BCUT2D eigenvalue weighted by atomic mass is 10.1. The number of thiazole rings is 1. The van der Waals surface area contributed by atoms with Crippen LogP contribution in [0, 0.1) is 5.92 Å². The van der Waals surface area contributed by atoms with E-state index in [4.69, 9.17) is 5.73 Å². The molecule has 1 aromatic heterocycles. The van der Waals surface area contributed by atoms with Crippen LogP contribution in [-0.2, 0) is 6.54 Å². The summed E-state index contributed by atoms with van der Waals surface area (Å²) in [7, 11) is 2.23. The summed E-state index contributed by atoms with van der Waals surface area (Å²) in [4.78, 5) is 10.4. The molecule has 0 bridgehead atoms. The average molecular weight is 305 g/mol. The van der Waals surface area contributed by atoms with E-state index in [1.165, 1.54) is 43.9 Å². The fourth-order valence-electron chi connectivity index (χ4n) is 2.74. The summed E-state index contributed by atoms with van der Waals surface area (Å²) in [5.41, 5.74) is 5.66. The first kappa shape index (κ1) is 16.7. The summed E-state index contributed by atoms with van der Waals surface area (Å²) in [6, 6.07) is 0. The topological polar surface area (TPSA) is 45.4 Å². The van der Waals surface area contributed by atoms with E-state index in [0.29, 0.717) is 5.13 Å². The molecule has 0 spiro atoms. The molecule has 0 aliphatic carbocycles. The van der Waals surface area contributed by atoms with Crippen LogP contribution in [0.25, 0.3) is 0 Å². The van der Waals surface area contributed by atoms with Gasteiger partial charge in [-0.05, 0) is 38.9 Å². The molecule has 1 aliphatic heterocycles. The average Bonchev–Trinajstić information content (AvgIpc) is 2.89. The highest BCUT2D eigenvalue weighted by Crippen LogP contribution is 2.22. The number of halogens is 1. The van der Waals surface area contributed by atoms with Crippen LogP contribution in [0.4, 0.5) is 5.13 Å². The zero-order valence-corrected chi connectivity index (χ0v) is 13.5. The Balaban J connectivity index is 0.00000180. The van der Waals surface area contributed by atoms with Crippen molar-refractivity contribution in [2.24, 2.45) is 5.92 Å². The SMILES string of the molecule is CCCN(C)CC1CCN(Cc2cnc(N)s2)C1.Cl. The van der Waals surface area contributed by atoms with Crippen molar-refractivity contribution in [3.63, 3.8) is 0 Å². The monoisotopic (exact) mass is 304 g/mol. The van der Waals surface area contributed by atoms with E-state index in [2.05, 4.69) is 28.8 Å². The standard InChI is InChI=1S/C13H24N4S.ClH/c1-3-5-16(2)8-11-4-6-17(9-11)10-12-7-15-13(14)18-12;/h7,11H,3-6,8-10H2,1-2H3,(H2,14,15);1H. The number of aromatic nitrogens is 1. The van der Waals surface area contributed by atoms with Crippen LogP contribution >= 0.6 is 23.7 Å². The van der Waals surface area contributed by atoms with E-state index in [1.807, 2.05) is 6.20 Å². The summed E-state index contributed by atoms with van der Waals surface area (Å²) >= 11 is 1.61. The summed E-state index contributed by atoms with van der Waals surface area (Å²) < 4.78 is 0. The second-order valence-corrected chi connectivity index (χ2v) is 6.46. The van der Waals surface area contributed by atoms with Crippen molar-refractivity contribution >= 4 is 28.9 Å². The summed E-state index contributed by atoms with van der Waals surface area (Å²) in [5, 5.41) is 0.684. The highest BCUT2D eigenvalue weighted by atomic mass is 35.5. The molecule has 1 atom stereocenters. The number of hydrogen-bond donors (Lipinski definition) is 1. The van der Waals surface area contributed by atoms with Gasteiger partial charge < -0.3 is 10.6 Å². The van der Waals surface area contributed by atoms with Crippen molar-refractivity contribution in [3.05, 3.63) is 11.1 Å². The quantitative estimate of drug-likeness (QED) is 0.876. The Kier molecular flexibility index (Phi) is 7.07. The third kappa shape index (κ3) is 5.26. The van der Waals surface area contributed by atoms with Crippen molar-refractivity contribution in [2.75, 3.05) is 39.0 Å². The number of nitrogen functional groups attached to an aromatic ring is 1. The molecule has 6 heteroatoms. The van der Waals surface area contributed by atoms with Gasteiger partial charge in [0.25, 0.3) is 0 Å². The smallest absolute Gasteiger partial charge is 0.180 e. The van der Waals surface area contributed by atoms with E-state index in [1.54, 1.807) is 11.3 Å². The van der Waals surface area contributed by atoms with Crippen LogP contribution in [0.3, 0.4) is 0 Å². The van der Waals surface area contributed by atoms with Gasteiger partial charge in [0, 0.05) is 30.7 Å². The van der Waals surface area contributed by atoms with Crippen molar-refractivity contribution < 1.29 is 0 Å². The summed E-state index contributed by atoms with van der Waals surface area (Å²) in [5.74, 6) is 0.826. The Labute approximate surface area is 126 Å². The molecule has 2 N–H and O–H groups in total. The Hall–Kier alpha value is -0.360. The van der Waals surface area contributed by atoms with Gasteiger partial charge in [-0.2, -0.15) is 0 Å². The van der Waals surface area contributed by atoms with E-state index in [9.17, 15) is 0 Å². The zero-order chi connectivity index (χ0) is 13.0. The minimum atomic E-state index is 0. The number of nitrogens with two attached hydrogens (primary N) is 1. The van der Waals surface area contributed by atoms with Gasteiger partial charge in [0.15, 0.2) is 5.13 Å². The van der Waals surface area contributed by atoms with Crippen LogP contribution in [0.1, 0.15) is 24.6 Å². The molecule has 0 amide bonds. The first-order valence-electron chi connectivity index (χ1n) is 6.78. The van der Waals surface area contributed by atoms with Crippen LogP contribution in [0.2, 0.25) is 0 Å². The molecule has 0 radical (unpaired) electrons. The molecule has 1 aliphatic rings. The molecule has 110 valence electrons. The molecule has 1 aromatic rings. The van der Waals surface area contributed by atoms with Crippen LogP contribution < -0.4 is 5.73 Å². The van der Waals surface area contributed by atoms with E-state index in [-0.39, 0.29) is 12.4 Å². The number of nitrogens with zero attached hydrogens (tertiary/aromatic N) is 3. The third-order valence-electron chi connectivity index (χ3n) is 3.50. The largest absolute Gasteiger partial charge is 0.375 e. The number of rotatable bonds is 6. The molecule has 0 aromatic carbocycles. The van der Waals surface area contributed by atoms with Gasteiger partial charge in [-0.1, -0.05) is 6.92 Å². The molecule has 1 fully saturated rings. The van der Waals surface area contributed by atoms with Gasteiger partial charge >= 0.3 is 0 Å². The van der Waals surface area contributed by atoms with Gasteiger partial charge in [-0.25, -0.2) is 4.98 Å². The van der Waals surface area contributed by atoms with E-state index < -0.39 is 0 Å². The molecular weight excluding hydrogens is 280 g/mol. The third-order valence-corrected chi connectivity index (χ3v) is 4.31. The predicted molar refractivity (Wildman–Crippen MR) is 84.9 cm³/mol. The Morgan fingerprint density at radius 2 is 2.37 bits per heavy atom. The van der Waals surface area contributed by atoms with E-state index in [0.717, 1.165) is 12.5 Å². The Bertz CT molecular complexity index is 371. The minimum absolute atomic E-state index is 0. The maximum Gasteiger partial charge on any atom is 0.180 e. The maximum absolute atomic E-state index is 5.66. The van der Waals surface area contributed by atoms with Crippen molar-refractivity contribution in [1.82, 2.24) is 14.8 Å². The normalized spacial score (nSPS) is 19.8. The maximum atomic E-state index is 5.66. The second-order valence-electron chi connectivity index (χ2n) is 5.32. The summed E-state index contributed by atoms with van der Waals surface area (Å²) in [6.45, 7) is 8.12. The first-order chi connectivity index (χ1) is 8.67. The molecule has 1 saturated heterocycles. The number of anilines is 1. The predicted octanol–water partition coefficient (Wildman–Crippen LogP) is 2.31. The lowest BCUT2D eigenvalue weighted by molar-refractivity contribution is 0.261. The van der Waals surface area contributed by atoms with Gasteiger partial charge in [0.1, 0.15) is 0 Å². The van der Waals surface area contributed by atoms with Gasteiger partial charge in [-0.3, -0.25) is 4.90 Å². The van der Waals surface area contributed by atoms with Gasteiger partial charge in [0.2, 0.25) is 0 Å². The second kappa shape index (κ2) is 8.04. The fourth-order valence-corrected chi connectivity index (χ4v) is 3.46. The van der Waals surface area contributed by atoms with E-state index >= 15 is 0 Å². The molecule has 2 heterocycles. The highest BCUT2D eigenvalue weighted by molar-refractivity contribution is 7.15. The van der Waals surface area contributed by atoms with Gasteiger partial charge in [0.05, 0.1) is 0 Å². The fraction of sp³-hybridized carbons (Fsp3) is 0.769. The molecule has 2 rings (SSSR count). The minimum Gasteiger partial charge on any atom is -0.375 e. The molecule has 1 unspecified atom stereocenters.